The molecule has 0 radical (unpaired) electrons. The molecule has 12 nitrogen and oxygen atoms in total. The van der Waals surface area contributed by atoms with Gasteiger partial charge in [0, 0.05) is 6.08 Å². The van der Waals surface area contributed by atoms with Gasteiger partial charge in [0.2, 0.25) is 6.41 Å². The average molecular weight is 871 g/mol. The topological polar surface area (TPSA) is 153 Å². The van der Waals surface area contributed by atoms with Gasteiger partial charge in [0.15, 0.2) is 11.5 Å². The van der Waals surface area contributed by atoms with E-state index in [9.17, 15) is 37.7 Å². The van der Waals surface area contributed by atoms with Crippen molar-refractivity contribution >= 4 is 24.4 Å². The number of hydrogen-bond acceptors (Lipinski definition) is 10. The van der Waals surface area contributed by atoms with Crippen molar-refractivity contribution in [3.63, 3.8) is 0 Å². The minimum atomic E-state index is -4.32. The predicted molar refractivity (Wildman–Crippen MR) is 233 cm³/mol. The van der Waals surface area contributed by atoms with Gasteiger partial charge < -0.3 is 29.1 Å². The molecule has 1 N–H and O–H groups in total. The zero-order chi connectivity index (χ0) is 46.2. The number of benzene rings is 3. The van der Waals surface area contributed by atoms with Crippen LogP contribution < -0.4 is 19.5 Å². The van der Waals surface area contributed by atoms with Crippen molar-refractivity contribution in [2.24, 2.45) is 5.92 Å². The van der Waals surface area contributed by atoms with E-state index in [1.807, 2.05) is 13.8 Å². The summed E-state index contributed by atoms with van der Waals surface area (Å²) < 4.78 is 58.5. The number of carbonyl (C=O) groups excluding carboxylic acids is 3. The standard InChI is InChI=1S/C22H22N2O9.C16H19F3O.C7H14.C2H6/c1-15(23-14-25)22(27)33-19-9-7-16(11-20(19)30-2)8-10-21(26)31-12-17-3-5-18(6-4-17)13-32-24(28)29;17-16(18,19)14-9-5-10-15(12-14)20-11-4-3-8-13-6-1-2-7-13;1-3-5-7-6-4-2;1-2/h3-11,14-15H,12-13H2,1-2H3,(H,23,25);3,5,8-10,12-13H,1-2,4,6-7,11H2;3,5H,4,6-7H2,1-2H3;1-2H3/b10-8+;8-3+;5-3-;. The van der Waals surface area contributed by atoms with Gasteiger partial charge in [0.1, 0.15) is 25.0 Å². The van der Waals surface area contributed by atoms with E-state index >= 15 is 0 Å². The summed E-state index contributed by atoms with van der Waals surface area (Å²) in [5, 5.41) is 11.6. The Kier molecular flexibility index (Phi) is 27.6. The van der Waals surface area contributed by atoms with Crippen LogP contribution in [-0.4, -0.2) is 43.2 Å². The molecule has 0 saturated heterocycles. The van der Waals surface area contributed by atoms with Crippen molar-refractivity contribution in [2.45, 2.75) is 111 Å². The molecule has 1 atom stereocenters. The van der Waals surface area contributed by atoms with Gasteiger partial charge in [-0.05, 0) is 98.5 Å². The number of alkyl halides is 3. The Balaban J connectivity index is 0.000000557. The molecule has 0 heterocycles. The number of rotatable bonds is 20. The van der Waals surface area contributed by atoms with Crippen molar-refractivity contribution in [3.8, 4) is 17.2 Å². The van der Waals surface area contributed by atoms with E-state index in [1.165, 1.54) is 83.3 Å². The van der Waals surface area contributed by atoms with Crippen LogP contribution in [0.4, 0.5) is 13.2 Å². The van der Waals surface area contributed by atoms with Gasteiger partial charge in [0.25, 0.3) is 5.09 Å². The number of ether oxygens (including phenoxy) is 4. The van der Waals surface area contributed by atoms with Gasteiger partial charge in [-0.3, -0.25) is 4.79 Å². The predicted octanol–water partition coefficient (Wildman–Crippen LogP) is 11.2. The van der Waals surface area contributed by atoms with Crippen molar-refractivity contribution in [3.05, 3.63) is 129 Å². The minimum absolute atomic E-state index is 0.0186. The van der Waals surface area contributed by atoms with E-state index in [-0.39, 0.29) is 30.5 Å². The number of halogens is 3. The van der Waals surface area contributed by atoms with E-state index in [1.54, 1.807) is 42.5 Å². The molecule has 1 fully saturated rings. The number of nitrogens with one attached hydrogen (secondary N) is 1. The van der Waals surface area contributed by atoms with Crippen molar-refractivity contribution in [1.82, 2.24) is 5.32 Å². The average Bonchev–Trinajstić information content (AvgIpc) is 3.80. The van der Waals surface area contributed by atoms with Crippen LogP contribution in [-0.2, 0) is 43.3 Å². The van der Waals surface area contributed by atoms with Crippen molar-refractivity contribution in [1.29, 1.82) is 0 Å². The monoisotopic (exact) mass is 870 g/mol. The lowest BCUT2D eigenvalue weighted by Gasteiger charge is -2.13. The molecular weight excluding hydrogens is 810 g/mol. The van der Waals surface area contributed by atoms with E-state index in [4.69, 9.17) is 18.9 Å². The molecule has 1 aliphatic rings. The molecule has 340 valence electrons. The van der Waals surface area contributed by atoms with Crippen LogP contribution in [0.2, 0.25) is 0 Å². The Morgan fingerprint density at radius 2 is 1.63 bits per heavy atom. The maximum absolute atomic E-state index is 12.5. The molecule has 15 heteroatoms. The molecule has 1 amide bonds. The molecule has 3 aromatic carbocycles. The van der Waals surface area contributed by atoms with Crippen LogP contribution in [0.15, 0.2) is 97.1 Å². The van der Waals surface area contributed by atoms with E-state index in [0.29, 0.717) is 35.6 Å². The lowest BCUT2D eigenvalue weighted by atomic mass is 10.1. The van der Waals surface area contributed by atoms with Crippen molar-refractivity contribution < 1.29 is 56.4 Å². The fourth-order valence-corrected chi connectivity index (χ4v) is 5.40. The van der Waals surface area contributed by atoms with Crippen molar-refractivity contribution in [2.75, 3.05) is 13.7 Å². The molecule has 62 heavy (non-hydrogen) atoms. The smallest absolute Gasteiger partial charge is 0.416 e. The molecule has 1 aliphatic carbocycles. The summed E-state index contributed by atoms with van der Waals surface area (Å²) >= 11 is 0. The SMILES string of the molecule is C/C=C\CCCC.CC.COc1cc(/C=C/C(=O)OCc2ccc(CO[N+](=O)[O-])cc2)ccc1OC(=O)C(C)NC=O.FC(F)(F)c1cccc(OCC/C=C/C2CCCC2)c1. The highest BCUT2D eigenvalue weighted by Gasteiger charge is 2.30. The van der Waals surface area contributed by atoms with Crippen LogP contribution in [0.5, 0.6) is 17.2 Å². The second-order valence-corrected chi connectivity index (χ2v) is 13.4. The number of unbranched alkanes of at least 4 members (excludes halogenated alkanes) is 2. The van der Waals surface area contributed by atoms with Gasteiger partial charge in [-0.2, -0.15) is 13.2 Å². The second-order valence-electron chi connectivity index (χ2n) is 13.4. The largest absolute Gasteiger partial charge is 0.493 e. The van der Waals surface area contributed by atoms with Crippen LogP contribution in [0, 0.1) is 16.0 Å². The molecule has 0 bridgehead atoms. The summed E-state index contributed by atoms with van der Waals surface area (Å²) in [7, 11) is 1.40. The first-order chi connectivity index (χ1) is 29.8. The Bertz CT molecular complexity index is 1840. The fraction of sp³-hybridized carbons (Fsp3) is 0.426. The first-order valence-electron chi connectivity index (χ1n) is 20.7. The number of allylic oxidation sites excluding steroid dienone is 3. The highest BCUT2D eigenvalue weighted by atomic mass is 19.4. The Morgan fingerprint density at radius 1 is 0.952 bits per heavy atom. The number of methoxy groups -OCH3 is 1. The Labute approximate surface area is 363 Å². The number of esters is 2. The first kappa shape index (κ1) is 53.9. The summed E-state index contributed by atoms with van der Waals surface area (Å²) in [6.45, 7) is 10.0. The Morgan fingerprint density at radius 3 is 2.23 bits per heavy atom. The first-order valence-corrected chi connectivity index (χ1v) is 20.7. The summed E-state index contributed by atoms with van der Waals surface area (Å²) in [5.41, 5.74) is 1.24. The van der Waals surface area contributed by atoms with E-state index in [0.717, 1.165) is 18.6 Å². The van der Waals surface area contributed by atoms with Gasteiger partial charge in [-0.15, -0.1) is 10.1 Å². The van der Waals surface area contributed by atoms with E-state index < -0.39 is 34.8 Å². The lowest BCUT2D eigenvalue weighted by Crippen LogP contribution is -2.36. The van der Waals surface area contributed by atoms with E-state index in [2.05, 4.69) is 48.3 Å². The molecule has 1 saturated carbocycles. The normalized spacial score (nSPS) is 12.8. The van der Waals surface area contributed by atoms with Gasteiger partial charge in [-0.25, -0.2) is 9.59 Å². The van der Waals surface area contributed by atoms with Gasteiger partial charge in [-0.1, -0.05) is 107 Å². The molecule has 4 rings (SSSR count). The minimum Gasteiger partial charge on any atom is -0.493 e. The molecule has 1 unspecified atom stereocenters. The second kappa shape index (κ2) is 31.7. The van der Waals surface area contributed by atoms with Crippen LogP contribution in [0.25, 0.3) is 6.08 Å². The quantitative estimate of drug-likeness (QED) is 0.0170. The third-order valence-corrected chi connectivity index (χ3v) is 8.71. The van der Waals surface area contributed by atoms with Gasteiger partial charge in [0.05, 0.1) is 19.3 Å². The summed E-state index contributed by atoms with van der Waals surface area (Å²) in [6, 6.07) is 15.5. The number of nitrogens with zero attached hydrogens (tertiary/aromatic N) is 1. The Hall–Kier alpha value is -6.12. The van der Waals surface area contributed by atoms with Crippen LogP contribution in [0.1, 0.15) is 108 Å². The maximum Gasteiger partial charge on any atom is 0.416 e. The number of carbonyl (C=O) groups is 3. The molecule has 0 aromatic heterocycles. The highest BCUT2D eigenvalue weighted by Crippen LogP contribution is 2.32. The molecule has 0 aliphatic heterocycles. The van der Waals surface area contributed by atoms with Crippen LogP contribution >= 0.6 is 0 Å². The third kappa shape index (κ3) is 23.6. The third-order valence-electron chi connectivity index (χ3n) is 8.71. The number of hydrogen-bond donors (Lipinski definition) is 1. The molecular formula is C47H61F3N2O10. The fourth-order valence-electron chi connectivity index (χ4n) is 5.40. The molecule has 0 spiro atoms. The summed E-state index contributed by atoms with van der Waals surface area (Å²) in [6.07, 6.45) is 17.2. The maximum atomic E-state index is 12.5. The highest BCUT2D eigenvalue weighted by molar-refractivity contribution is 5.87. The summed E-state index contributed by atoms with van der Waals surface area (Å²) in [5.74, 6) is 0.134. The lowest BCUT2D eigenvalue weighted by molar-refractivity contribution is -0.763. The summed E-state index contributed by atoms with van der Waals surface area (Å²) in [4.78, 5) is 48.8. The zero-order valence-electron chi connectivity index (χ0n) is 36.5. The van der Waals surface area contributed by atoms with Gasteiger partial charge >= 0.3 is 18.1 Å². The molecule has 3 aromatic rings. The number of amides is 1. The zero-order valence-corrected chi connectivity index (χ0v) is 36.5. The van der Waals surface area contributed by atoms with Crippen LogP contribution in [0.3, 0.4) is 0 Å².